The van der Waals surface area contributed by atoms with Crippen LogP contribution in [0.15, 0.2) is 53.8 Å². The van der Waals surface area contributed by atoms with Gasteiger partial charge in [0.1, 0.15) is 0 Å². The lowest BCUT2D eigenvalue weighted by Gasteiger charge is -2.13. The van der Waals surface area contributed by atoms with Crippen LogP contribution in [0.4, 0.5) is 0 Å². The summed E-state index contributed by atoms with van der Waals surface area (Å²) in [5.41, 5.74) is 0.480. The predicted octanol–water partition coefficient (Wildman–Crippen LogP) is 2.35. The molecular weight excluding hydrogens is 453 g/mol. The van der Waals surface area contributed by atoms with Crippen LogP contribution in [-0.2, 0) is 6.54 Å². The summed E-state index contributed by atoms with van der Waals surface area (Å²) in [7, 11) is 1.72. The largest absolute Gasteiger partial charge is 0.355 e. The SMILES string of the molecule is CN=C(NCCNC(=O)c1ccccc1Cl)NCCn1cccc1.I. The minimum Gasteiger partial charge on any atom is -0.355 e. The first-order valence-electron chi connectivity index (χ1n) is 7.78. The molecule has 1 amide bonds. The van der Waals surface area contributed by atoms with Gasteiger partial charge in [-0.3, -0.25) is 9.79 Å². The number of rotatable bonds is 7. The van der Waals surface area contributed by atoms with Crippen LogP contribution in [0.3, 0.4) is 0 Å². The van der Waals surface area contributed by atoms with E-state index in [4.69, 9.17) is 11.6 Å². The average molecular weight is 476 g/mol. The van der Waals surface area contributed by atoms with Crippen molar-refractivity contribution >= 4 is 47.4 Å². The molecule has 136 valence electrons. The first-order valence-corrected chi connectivity index (χ1v) is 8.16. The van der Waals surface area contributed by atoms with E-state index in [2.05, 4.69) is 25.5 Å². The number of hydrogen-bond acceptors (Lipinski definition) is 2. The van der Waals surface area contributed by atoms with Crippen LogP contribution in [0, 0.1) is 0 Å². The normalized spacial score (nSPS) is 10.7. The van der Waals surface area contributed by atoms with Gasteiger partial charge in [0.25, 0.3) is 5.91 Å². The highest BCUT2D eigenvalue weighted by molar-refractivity contribution is 14.0. The Bertz CT molecular complexity index is 675. The lowest BCUT2D eigenvalue weighted by Crippen LogP contribution is -2.42. The third-order valence-corrected chi connectivity index (χ3v) is 3.70. The van der Waals surface area contributed by atoms with Crippen LogP contribution in [0.2, 0.25) is 5.02 Å². The molecule has 0 unspecified atom stereocenters. The fourth-order valence-corrected chi connectivity index (χ4v) is 2.36. The summed E-state index contributed by atoms with van der Waals surface area (Å²) in [6.45, 7) is 2.67. The molecule has 0 fully saturated rings. The highest BCUT2D eigenvalue weighted by Gasteiger charge is 2.08. The maximum absolute atomic E-state index is 12.0. The van der Waals surface area contributed by atoms with Gasteiger partial charge in [-0.1, -0.05) is 23.7 Å². The maximum atomic E-state index is 12.0. The number of nitrogens with zero attached hydrogens (tertiary/aromatic N) is 2. The van der Waals surface area contributed by atoms with E-state index < -0.39 is 0 Å². The molecule has 0 atom stereocenters. The highest BCUT2D eigenvalue weighted by Crippen LogP contribution is 2.14. The molecule has 3 N–H and O–H groups in total. The molecule has 6 nitrogen and oxygen atoms in total. The quantitative estimate of drug-likeness (QED) is 0.249. The second-order valence-corrected chi connectivity index (χ2v) is 5.49. The van der Waals surface area contributed by atoms with Crippen molar-refractivity contribution in [3.05, 3.63) is 59.4 Å². The summed E-state index contributed by atoms with van der Waals surface area (Å²) >= 11 is 6.00. The number of amides is 1. The number of guanidine groups is 1. The van der Waals surface area contributed by atoms with Gasteiger partial charge in [0.2, 0.25) is 0 Å². The number of benzene rings is 1. The Morgan fingerprint density at radius 2 is 1.68 bits per heavy atom. The van der Waals surface area contributed by atoms with Crippen molar-refractivity contribution in [1.29, 1.82) is 0 Å². The first-order chi connectivity index (χ1) is 11.7. The van der Waals surface area contributed by atoms with Crippen molar-refractivity contribution in [3.8, 4) is 0 Å². The van der Waals surface area contributed by atoms with Gasteiger partial charge in [-0.25, -0.2) is 0 Å². The van der Waals surface area contributed by atoms with E-state index in [0.29, 0.717) is 29.6 Å². The van der Waals surface area contributed by atoms with Crippen LogP contribution < -0.4 is 16.0 Å². The van der Waals surface area contributed by atoms with Crippen molar-refractivity contribution < 1.29 is 4.79 Å². The maximum Gasteiger partial charge on any atom is 0.252 e. The van der Waals surface area contributed by atoms with Crippen LogP contribution in [0.25, 0.3) is 0 Å². The number of halogens is 2. The summed E-state index contributed by atoms with van der Waals surface area (Å²) < 4.78 is 2.09. The zero-order valence-corrected chi connectivity index (χ0v) is 17.1. The molecule has 0 aliphatic carbocycles. The summed E-state index contributed by atoms with van der Waals surface area (Å²) in [6, 6.07) is 11.0. The Kier molecular flexibility index (Phi) is 10.0. The van der Waals surface area contributed by atoms with Crippen LogP contribution in [-0.4, -0.2) is 43.1 Å². The molecule has 2 aromatic rings. The fraction of sp³-hybridized carbons (Fsp3) is 0.294. The lowest BCUT2D eigenvalue weighted by molar-refractivity contribution is 0.0954. The number of carbonyl (C=O) groups is 1. The Morgan fingerprint density at radius 3 is 2.36 bits per heavy atom. The molecule has 1 heterocycles. The highest BCUT2D eigenvalue weighted by atomic mass is 127. The van der Waals surface area contributed by atoms with Gasteiger partial charge in [0, 0.05) is 45.6 Å². The molecule has 2 rings (SSSR count). The zero-order chi connectivity index (χ0) is 17.2. The molecule has 0 radical (unpaired) electrons. The predicted molar refractivity (Wildman–Crippen MR) is 113 cm³/mol. The molecule has 1 aromatic heterocycles. The standard InChI is InChI=1S/C17H22ClN5O.HI/c1-19-17(22-10-13-23-11-4-5-12-23)21-9-8-20-16(24)14-6-2-3-7-15(14)18;/h2-7,11-12H,8-10,13H2,1H3,(H,20,24)(H2,19,21,22);1H. The third-order valence-electron chi connectivity index (χ3n) is 3.37. The summed E-state index contributed by atoms with van der Waals surface area (Å²) in [5, 5.41) is 9.65. The van der Waals surface area contributed by atoms with E-state index >= 15 is 0 Å². The lowest BCUT2D eigenvalue weighted by atomic mass is 10.2. The average Bonchev–Trinajstić information content (AvgIpc) is 3.10. The minimum absolute atomic E-state index is 0. The van der Waals surface area contributed by atoms with E-state index in [9.17, 15) is 4.79 Å². The Balaban J connectivity index is 0.00000312. The third kappa shape index (κ3) is 7.35. The second-order valence-electron chi connectivity index (χ2n) is 5.08. The molecule has 0 saturated carbocycles. The molecule has 0 aliphatic heterocycles. The van der Waals surface area contributed by atoms with Crippen molar-refractivity contribution in [2.45, 2.75) is 6.54 Å². The van der Waals surface area contributed by atoms with Crippen LogP contribution >= 0.6 is 35.6 Å². The summed E-state index contributed by atoms with van der Waals surface area (Å²) in [4.78, 5) is 16.2. The van der Waals surface area contributed by atoms with E-state index in [1.165, 1.54) is 0 Å². The molecule has 8 heteroatoms. The van der Waals surface area contributed by atoms with Gasteiger partial charge in [0.05, 0.1) is 10.6 Å². The van der Waals surface area contributed by atoms with E-state index in [1.807, 2.05) is 24.5 Å². The van der Waals surface area contributed by atoms with Crippen molar-refractivity contribution in [2.24, 2.45) is 4.99 Å². The Labute approximate surface area is 170 Å². The molecule has 25 heavy (non-hydrogen) atoms. The van der Waals surface area contributed by atoms with Gasteiger partial charge in [-0.05, 0) is 24.3 Å². The van der Waals surface area contributed by atoms with Gasteiger partial charge >= 0.3 is 0 Å². The molecule has 0 saturated heterocycles. The second kappa shape index (κ2) is 11.8. The smallest absolute Gasteiger partial charge is 0.252 e. The number of aliphatic imine (C=N–C) groups is 1. The van der Waals surface area contributed by atoms with Gasteiger partial charge in [0.15, 0.2) is 5.96 Å². The number of aromatic nitrogens is 1. The first kappa shape index (κ1) is 21.3. The monoisotopic (exact) mass is 475 g/mol. The Morgan fingerprint density at radius 1 is 1.04 bits per heavy atom. The van der Waals surface area contributed by atoms with Gasteiger partial charge < -0.3 is 20.5 Å². The van der Waals surface area contributed by atoms with E-state index in [1.54, 1.807) is 31.3 Å². The minimum atomic E-state index is -0.182. The Hall–Kier alpha value is -1.74. The molecule has 0 bridgehead atoms. The summed E-state index contributed by atoms with van der Waals surface area (Å²) in [5.74, 6) is 0.520. The molecule has 0 spiro atoms. The number of carbonyl (C=O) groups excluding carboxylic acids is 1. The molecule has 0 aliphatic rings. The number of hydrogen-bond donors (Lipinski definition) is 3. The number of nitrogens with one attached hydrogen (secondary N) is 3. The zero-order valence-electron chi connectivity index (χ0n) is 14.0. The topological polar surface area (TPSA) is 70.4 Å². The van der Waals surface area contributed by atoms with Crippen LogP contribution in [0.5, 0.6) is 0 Å². The van der Waals surface area contributed by atoms with Gasteiger partial charge in [-0.2, -0.15) is 0 Å². The molecular formula is C17H23ClIN5O. The van der Waals surface area contributed by atoms with E-state index in [-0.39, 0.29) is 29.9 Å². The van der Waals surface area contributed by atoms with Crippen molar-refractivity contribution in [1.82, 2.24) is 20.5 Å². The molecule has 1 aromatic carbocycles. The summed E-state index contributed by atoms with van der Waals surface area (Å²) in [6.07, 6.45) is 4.03. The fourth-order valence-electron chi connectivity index (χ4n) is 2.14. The van der Waals surface area contributed by atoms with Crippen molar-refractivity contribution in [2.75, 3.05) is 26.7 Å². The van der Waals surface area contributed by atoms with Gasteiger partial charge in [-0.15, -0.1) is 24.0 Å². The van der Waals surface area contributed by atoms with E-state index in [0.717, 1.165) is 13.1 Å². The van der Waals surface area contributed by atoms with Crippen molar-refractivity contribution in [3.63, 3.8) is 0 Å². The van der Waals surface area contributed by atoms with Crippen LogP contribution in [0.1, 0.15) is 10.4 Å².